The first kappa shape index (κ1) is 13.9. The lowest BCUT2D eigenvalue weighted by atomic mass is 9.82. The first-order chi connectivity index (χ1) is 8.28. The van der Waals surface area contributed by atoms with E-state index in [9.17, 15) is 9.59 Å². The van der Waals surface area contributed by atoms with E-state index in [2.05, 4.69) is 22.6 Å². The number of esters is 1. The summed E-state index contributed by atoms with van der Waals surface area (Å²) in [4.78, 5) is 25.5. The van der Waals surface area contributed by atoms with Gasteiger partial charge >= 0.3 is 12.1 Å². The summed E-state index contributed by atoms with van der Waals surface area (Å²) in [6.45, 7) is 6.02. The number of hydrogen-bond donors (Lipinski definition) is 0. The van der Waals surface area contributed by atoms with Crippen molar-refractivity contribution < 1.29 is 19.1 Å². The van der Waals surface area contributed by atoms with Gasteiger partial charge in [0.25, 0.3) is 0 Å². The summed E-state index contributed by atoms with van der Waals surface area (Å²) in [6, 6.07) is 0. The normalized spacial score (nSPS) is 31.2. The van der Waals surface area contributed by atoms with Crippen molar-refractivity contribution in [2.45, 2.75) is 50.9 Å². The Balaban J connectivity index is 2.08. The van der Waals surface area contributed by atoms with Gasteiger partial charge in [-0.25, -0.2) is 9.59 Å². The smallest absolute Gasteiger partial charge is 0.411 e. The molecule has 6 heteroatoms. The van der Waals surface area contributed by atoms with Gasteiger partial charge in [-0.2, -0.15) is 0 Å². The SMILES string of the molecule is CC(C)(C)OC(=O)N1CCC12CC(CI)OC2=O. The second-order valence-corrected chi connectivity index (χ2v) is 6.68. The van der Waals surface area contributed by atoms with E-state index in [0.717, 1.165) is 4.43 Å². The van der Waals surface area contributed by atoms with E-state index >= 15 is 0 Å². The Labute approximate surface area is 120 Å². The van der Waals surface area contributed by atoms with E-state index in [1.54, 1.807) is 0 Å². The van der Waals surface area contributed by atoms with Gasteiger partial charge in [0, 0.05) is 17.4 Å². The number of rotatable bonds is 1. The van der Waals surface area contributed by atoms with Crippen molar-refractivity contribution in [2.24, 2.45) is 0 Å². The summed E-state index contributed by atoms with van der Waals surface area (Å²) in [5.41, 5.74) is -1.29. The standard InChI is InChI=1S/C12H18INO4/c1-11(2,3)18-10(16)14-5-4-12(14)6-8(7-13)17-9(12)15/h8H,4-7H2,1-3H3. The van der Waals surface area contributed by atoms with Crippen molar-refractivity contribution in [1.29, 1.82) is 0 Å². The monoisotopic (exact) mass is 367 g/mol. The molecule has 5 nitrogen and oxygen atoms in total. The van der Waals surface area contributed by atoms with Gasteiger partial charge in [-0.3, -0.25) is 4.90 Å². The first-order valence-electron chi connectivity index (χ1n) is 6.06. The van der Waals surface area contributed by atoms with Gasteiger partial charge in [0.15, 0.2) is 0 Å². The third-order valence-electron chi connectivity index (χ3n) is 3.27. The van der Waals surface area contributed by atoms with Crippen molar-refractivity contribution in [2.75, 3.05) is 11.0 Å². The molecule has 0 radical (unpaired) electrons. The number of ether oxygens (including phenoxy) is 2. The number of carbonyl (C=O) groups excluding carboxylic acids is 2. The molecule has 2 saturated heterocycles. The number of likely N-dealkylation sites (tertiary alicyclic amines) is 1. The molecule has 0 aromatic rings. The highest BCUT2D eigenvalue weighted by Crippen LogP contribution is 2.42. The van der Waals surface area contributed by atoms with Crippen LogP contribution in [0.25, 0.3) is 0 Å². The van der Waals surface area contributed by atoms with Crippen molar-refractivity contribution in [3.63, 3.8) is 0 Å². The molecule has 0 N–H and O–H groups in total. The van der Waals surface area contributed by atoms with Gasteiger partial charge in [0.1, 0.15) is 17.2 Å². The van der Waals surface area contributed by atoms with Crippen molar-refractivity contribution in [1.82, 2.24) is 4.90 Å². The molecule has 1 spiro atoms. The third-order valence-corrected chi connectivity index (χ3v) is 4.25. The zero-order chi connectivity index (χ0) is 13.6. The summed E-state index contributed by atoms with van der Waals surface area (Å²) in [6.07, 6.45) is 0.773. The number of halogens is 1. The highest BCUT2D eigenvalue weighted by atomic mass is 127. The molecule has 2 fully saturated rings. The molecular formula is C12H18INO4. The number of alkyl halides is 1. The summed E-state index contributed by atoms with van der Waals surface area (Å²) in [5, 5.41) is 0. The lowest BCUT2D eigenvalue weighted by molar-refractivity contribution is -0.155. The van der Waals surface area contributed by atoms with Gasteiger partial charge < -0.3 is 9.47 Å². The predicted octanol–water partition coefficient (Wildman–Crippen LogP) is 2.12. The average molecular weight is 367 g/mol. The summed E-state index contributed by atoms with van der Waals surface area (Å²) >= 11 is 2.19. The Kier molecular flexibility index (Phi) is 3.50. The van der Waals surface area contributed by atoms with Gasteiger partial charge in [0.2, 0.25) is 0 Å². The molecule has 2 rings (SSSR count). The maximum Gasteiger partial charge on any atom is 0.411 e. The van der Waals surface area contributed by atoms with E-state index in [1.807, 2.05) is 20.8 Å². The minimum Gasteiger partial charge on any atom is -0.460 e. The fourth-order valence-corrected chi connectivity index (χ4v) is 2.84. The van der Waals surface area contributed by atoms with Crippen LogP contribution in [0.5, 0.6) is 0 Å². The molecule has 2 atom stereocenters. The molecular weight excluding hydrogens is 349 g/mol. The molecule has 0 aromatic heterocycles. The predicted molar refractivity (Wildman–Crippen MR) is 73.7 cm³/mol. The topological polar surface area (TPSA) is 55.8 Å². The fraction of sp³-hybridized carbons (Fsp3) is 0.833. The maximum absolute atomic E-state index is 12.0. The van der Waals surface area contributed by atoms with Crippen LogP contribution in [0.1, 0.15) is 33.6 Å². The number of nitrogens with zero attached hydrogens (tertiary/aromatic N) is 1. The molecule has 0 aliphatic carbocycles. The highest BCUT2D eigenvalue weighted by Gasteiger charge is 2.60. The maximum atomic E-state index is 12.0. The van der Waals surface area contributed by atoms with E-state index in [4.69, 9.17) is 9.47 Å². The van der Waals surface area contributed by atoms with E-state index in [0.29, 0.717) is 19.4 Å². The number of cyclic esters (lactones) is 1. The highest BCUT2D eigenvalue weighted by molar-refractivity contribution is 14.1. The molecule has 1 amide bonds. The van der Waals surface area contributed by atoms with Crippen molar-refractivity contribution in [3.05, 3.63) is 0 Å². The quantitative estimate of drug-likeness (QED) is 0.405. The van der Waals surface area contributed by atoms with Crippen molar-refractivity contribution in [3.8, 4) is 0 Å². The molecule has 0 saturated carbocycles. The Morgan fingerprint density at radius 1 is 1.61 bits per heavy atom. The van der Waals surface area contributed by atoms with Crippen LogP contribution in [0, 0.1) is 0 Å². The van der Waals surface area contributed by atoms with Crippen LogP contribution in [0.2, 0.25) is 0 Å². The number of hydrogen-bond acceptors (Lipinski definition) is 4. The van der Waals surface area contributed by atoms with Crippen LogP contribution < -0.4 is 0 Å². The van der Waals surface area contributed by atoms with Crippen LogP contribution in [0.15, 0.2) is 0 Å². The number of amides is 1. The Bertz CT molecular complexity index is 379. The lowest BCUT2D eigenvalue weighted by Gasteiger charge is -2.47. The zero-order valence-corrected chi connectivity index (χ0v) is 13.0. The summed E-state index contributed by atoms with van der Waals surface area (Å²) in [7, 11) is 0. The molecule has 0 bridgehead atoms. The summed E-state index contributed by atoms with van der Waals surface area (Å²) < 4.78 is 11.4. The summed E-state index contributed by atoms with van der Waals surface area (Å²) in [5.74, 6) is -0.277. The Morgan fingerprint density at radius 3 is 2.67 bits per heavy atom. The second kappa shape index (κ2) is 4.54. The van der Waals surface area contributed by atoms with E-state index in [1.165, 1.54) is 4.90 Å². The largest absolute Gasteiger partial charge is 0.460 e. The minimum absolute atomic E-state index is 0.0802. The third kappa shape index (κ3) is 2.31. The first-order valence-corrected chi connectivity index (χ1v) is 7.59. The molecule has 0 aromatic carbocycles. The molecule has 2 aliphatic heterocycles. The van der Waals surface area contributed by atoms with Crippen LogP contribution >= 0.6 is 22.6 Å². The Hall–Kier alpha value is -0.530. The van der Waals surface area contributed by atoms with Gasteiger partial charge in [0.05, 0.1) is 0 Å². The van der Waals surface area contributed by atoms with Crippen molar-refractivity contribution >= 4 is 34.7 Å². The van der Waals surface area contributed by atoms with Crippen LogP contribution in [0.3, 0.4) is 0 Å². The van der Waals surface area contributed by atoms with Crippen LogP contribution in [-0.2, 0) is 14.3 Å². The molecule has 2 unspecified atom stereocenters. The second-order valence-electron chi connectivity index (χ2n) is 5.80. The van der Waals surface area contributed by atoms with Gasteiger partial charge in [-0.1, -0.05) is 22.6 Å². The molecule has 102 valence electrons. The minimum atomic E-state index is -0.752. The van der Waals surface area contributed by atoms with Crippen LogP contribution in [-0.4, -0.2) is 45.2 Å². The van der Waals surface area contributed by atoms with Gasteiger partial charge in [-0.05, 0) is 27.2 Å². The molecule has 2 heterocycles. The van der Waals surface area contributed by atoms with E-state index in [-0.39, 0.29) is 12.1 Å². The Morgan fingerprint density at radius 2 is 2.28 bits per heavy atom. The van der Waals surface area contributed by atoms with E-state index < -0.39 is 17.2 Å². The molecule has 2 aliphatic rings. The zero-order valence-electron chi connectivity index (χ0n) is 10.9. The number of carbonyl (C=O) groups is 2. The average Bonchev–Trinajstić information content (AvgIpc) is 2.52. The fourth-order valence-electron chi connectivity index (χ4n) is 2.35. The lowest BCUT2D eigenvalue weighted by Crippen LogP contribution is -2.65. The van der Waals surface area contributed by atoms with Gasteiger partial charge in [-0.15, -0.1) is 0 Å². The molecule has 18 heavy (non-hydrogen) atoms. The van der Waals surface area contributed by atoms with Crippen LogP contribution in [0.4, 0.5) is 4.79 Å².